The summed E-state index contributed by atoms with van der Waals surface area (Å²) in [5.74, 6) is -0.893. The quantitative estimate of drug-likeness (QED) is 0.799. The largest absolute Gasteiger partial charge is 0.481 e. The molecule has 0 saturated heterocycles. The minimum absolute atomic E-state index is 0.0462. The summed E-state index contributed by atoms with van der Waals surface area (Å²) in [6, 6.07) is 1.80. The molecule has 1 amide bonds. The van der Waals surface area contributed by atoms with Gasteiger partial charge in [-0.1, -0.05) is 20.8 Å². The second-order valence-electron chi connectivity index (χ2n) is 5.34. The molecule has 0 bridgehead atoms. The van der Waals surface area contributed by atoms with Crippen LogP contribution >= 0.6 is 0 Å². The second kappa shape index (κ2) is 7.07. The Hall–Kier alpha value is -1.85. The van der Waals surface area contributed by atoms with Crippen LogP contribution in [-0.4, -0.2) is 33.3 Å². The Kier molecular flexibility index (Phi) is 5.73. The summed E-state index contributed by atoms with van der Waals surface area (Å²) in [4.78, 5) is 22.7. The number of carbonyl (C=O) groups is 2. The van der Waals surface area contributed by atoms with E-state index in [1.807, 2.05) is 20.8 Å². The summed E-state index contributed by atoms with van der Waals surface area (Å²) in [6.07, 6.45) is 0.0462. The summed E-state index contributed by atoms with van der Waals surface area (Å²) in [5, 5.41) is 15.8. The van der Waals surface area contributed by atoms with Crippen molar-refractivity contribution in [2.24, 2.45) is 5.92 Å². The predicted octanol–water partition coefficient (Wildman–Crippen LogP) is 1.87. The van der Waals surface area contributed by atoms with Crippen LogP contribution in [0.5, 0.6) is 0 Å². The van der Waals surface area contributed by atoms with Crippen molar-refractivity contribution in [3.63, 3.8) is 0 Å². The highest BCUT2D eigenvalue weighted by Crippen LogP contribution is 2.14. The lowest BCUT2D eigenvalue weighted by molar-refractivity contribution is -0.137. The molecule has 20 heavy (non-hydrogen) atoms. The van der Waals surface area contributed by atoms with Crippen molar-refractivity contribution in [3.05, 3.63) is 17.5 Å². The fourth-order valence-electron chi connectivity index (χ4n) is 1.87. The molecule has 0 radical (unpaired) electrons. The molecule has 0 spiro atoms. The number of nitrogens with one attached hydrogen (secondary N) is 1. The number of aliphatic carboxylic acids is 1. The Balaban J connectivity index is 2.69. The zero-order valence-corrected chi connectivity index (χ0v) is 12.5. The van der Waals surface area contributed by atoms with E-state index in [1.54, 1.807) is 17.7 Å². The van der Waals surface area contributed by atoms with E-state index in [0.29, 0.717) is 18.8 Å². The van der Waals surface area contributed by atoms with Gasteiger partial charge >= 0.3 is 5.97 Å². The lowest BCUT2D eigenvalue weighted by atomic mass is 10.1. The van der Waals surface area contributed by atoms with Crippen molar-refractivity contribution in [2.75, 3.05) is 6.54 Å². The van der Waals surface area contributed by atoms with E-state index >= 15 is 0 Å². The van der Waals surface area contributed by atoms with Crippen molar-refractivity contribution in [1.82, 2.24) is 15.1 Å². The first kappa shape index (κ1) is 16.2. The summed E-state index contributed by atoms with van der Waals surface area (Å²) < 4.78 is 1.67. The molecule has 1 rings (SSSR count). The van der Waals surface area contributed by atoms with Crippen molar-refractivity contribution in [2.45, 2.75) is 46.6 Å². The lowest BCUT2D eigenvalue weighted by Crippen LogP contribution is -2.30. The van der Waals surface area contributed by atoms with Crippen LogP contribution in [0, 0.1) is 5.92 Å². The van der Waals surface area contributed by atoms with Crippen molar-refractivity contribution < 1.29 is 14.7 Å². The molecule has 0 aliphatic heterocycles. The van der Waals surface area contributed by atoms with Gasteiger partial charge in [0.25, 0.3) is 5.91 Å². The molecule has 0 aliphatic rings. The maximum absolute atomic E-state index is 12.1. The second-order valence-corrected chi connectivity index (χ2v) is 5.34. The van der Waals surface area contributed by atoms with Gasteiger partial charge in [0.2, 0.25) is 0 Å². The van der Waals surface area contributed by atoms with Crippen LogP contribution in [-0.2, 0) is 11.3 Å². The normalized spacial score (nSPS) is 12.4. The van der Waals surface area contributed by atoms with Gasteiger partial charge in [-0.15, -0.1) is 0 Å². The molecular formula is C14H23N3O3. The fraction of sp³-hybridized carbons (Fsp3) is 0.643. The zero-order chi connectivity index (χ0) is 15.3. The third kappa shape index (κ3) is 4.36. The van der Waals surface area contributed by atoms with Crippen LogP contribution in [0.1, 0.15) is 56.2 Å². The lowest BCUT2D eigenvalue weighted by Gasteiger charge is -2.10. The number of amides is 1. The molecule has 0 fully saturated rings. The standard InChI is InChI=1S/C14H23N3O3/c1-5-17-12(7-11(16-17)9(2)3)14(20)15-8-10(4)6-13(18)19/h7,9-10H,5-6,8H2,1-4H3,(H,15,20)(H,18,19). The Morgan fingerprint density at radius 3 is 2.55 bits per heavy atom. The zero-order valence-electron chi connectivity index (χ0n) is 12.5. The number of carboxylic acid groups (broad SMARTS) is 1. The summed E-state index contributed by atoms with van der Waals surface area (Å²) in [6.45, 7) is 8.75. The monoisotopic (exact) mass is 281 g/mol. The predicted molar refractivity (Wildman–Crippen MR) is 75.7 cm³/mol. The maximum Gasteiger partial charge on any atom is 0.303 e. The molecule has 0 aliphatic carbocycles. The van der Waals surface area contributed by atoms with E-state index in [9.17, 15) is 9.59 Å². The van der Waals surface area contributed by atoms with Gasteiger partial charge in [0.05, 0.1) is 5.69 Å². The molecule has 1 heterocycles. The number of rotatable bonds is 7. The number of hydrogen-bond acceptors (Lipinski definition) is 3. The Bertz CT molecular complexity index is 480. The van der Waals surface area contributed by atoms with Gasteiger partial charge in [-0.25, -0.2) is 0 Å². The van der Waals surface area contributed by atoms with E-state index < -0.39 is 5.97 Å². The van der Waals surface area contributed by atoms with Gasteiger partial charge in [0, 0.05) is 19.5 Å². The van der Waals surface area contributed by atoms with E-state index in [2.05, 4.69) is 10.4 Å². The third-order valence-electron chi connectivity index (χ3n) is 3.06. The van der Waals surface area contributed by atoms with E-state index in [1.165, 1.54) is 0 Å². The highest BCUT2D eigenvalue weighted by molar-refractivity contribution is 5.92. The number of carbonyl (C=O) groups excluding carboxylic acids is 1. The molecule has 2 N–H and O–H groups in total. The summed E-state index contributed by atoms with van der Waals surface area (Å²) >= 11 is 0. The van der Waals surface area contributed by atoms with Crippen LogP contribution < -0.4 is 5.32 Å². The molecule has 0 saturated carbocycles. The molecule has 6 heteroatoms. The Morgan fingerprint density at radius 1 is 1.40 bits per heavy atom. The molecule has 6 nitrogen and oxygen atoms in total. The number of aromatic nitrogens is 2. The molecule has 112 valence electrons. The first-order chi connectivity index (χ1) is 9.35. The molecule has 1 aromatic rings. The molecular weight excluding hydrogens is 258 g/mol. The van der Waals surface area contributed by atoms with Gasteiger partial charge in [-0.05, 0) is 24.8 Å². The van der Waals surface area contributed by atoms with Crippen molar-refractivity contribution >= 4 is 11.9 Å². The van der Waals surface area contributed by atoms with Crippen LogP contribution in [0.4, 0.5) is 0 Å². The summed E-state index contributed by atoms with van der Waals surface area (Å²) in [7, 11) is 0. The van der Waals surface area contributed by atoms with Crippen LogP contribution in [0.25, 0.3) is 0 Å². The van der Waals surface area contributed by atoms with Gasteiger partial charge in [0.15, 0.2) is 0 Å². The fourth-order valence-corrected chi connectivity index (χ4v) is 1.87. The Labute approximate surface area is 119 Å². The van der Waals surface area contributed by atoms with Gasteiger partial charge < -0.3 is 10.4 Å². The van der Waals surface area contributed by atoms with E-state index in [4.69, 9.17) is 5.11 Å². The third-order valence-corrected chi connectivity index (χ3v) is 3.06. The maximum atomic E-state index is 12.1. The first-order valence-electron chi connectivity index (χ1n) is 6.92. The smallest absolute Gasteiger partial charge is 0.303 e. The van der Waals surface area contributed by atoms with Crippen LogP contribution in [0.15, 0.2) is 6.07 Å². The minimum atomic E-state index is -0.854. The SMILES string of the molecule is CCn1nc(C(C)C)cc1C(=O)NCC(C)CC(=O)O. The minimum Gasteiger partial charge on any atom is -0.481 e. The highest BCUT2D eigenvalue weighted by atomic mass is 16.4. The average molecular weight is 281 g/mol. The van der Waals surface area contributed by atoms with Gasteiger partial charge in [-0.3, -0.25) is 14.3 Å². The van der Waals surface area contributed by atoms with Gasteiger partial charge in [0.1, 0.15) is 5.69 Å². The molecule has 1 atom stereocenters. The topological polar surface area (TPSA) is 84.2 Å². The van der Waals surface area contributed by atoms with E-state index in [-0.39, 0.29) is 24.2 Å². The highest BCUT2D eigenvalue weighted by Gasteiger charge is 2.17. The van der Waals surface area contributed by atoms with Crippen LogP contribution in [0.3, 0.4) is 0 Å². The summed E-state index contributed by atoms with van der Waals surface area (Å²) in [5.41, 5.74) is 1.41. The first-order valence-corrected chi connectivity index (χ1v) is 6.92. The van der Waals surface area contributed by atoms with Crippen molar-refractivity contribution in [3.8, 4) is 0 Å². The molecule has 1 unspecified atom stereocenters. The molecule has 0 aromatic carbocycles. The number of carboxylic acids is 1. The number of nitrogens with zero attached hydrogens (tertiary/aromatic N) is 2. The van der Waals surface area contributed by atoms with Gasteiger partial charge in [-0.2, -0.15) is 5.10 Å². The number of hydrogen-bond donors (Lipinski definition) is 2. The molecule has 1 aromatic heterocycles. The average Bonchev–Trinajstić information content (AvgIpc) is 2.79. The van der Waals surface area contributed by atoms with Crippen molar-refractivity contribution in [1.29, 1.82) is 0 Å². The number of aryl methyl sites for hydroxylation is 1. The Morgan fingerprint density at radius 2 is 2.05 bits per heavy atom. The van der Waals surface area contributed by atoms with E-state index in [0.717, 1.165) is 5.69 Å². The van der Waals surface area contributed by atoms with Crippen LogP contribution in [0.2, 0.25) is 0 Å².